The van der Waals surface area contributed by atoms with Gasteiger partial charge in [-0.1, -0.05) is 49.7 Å². The number of halogens is 1. The van der Waals surface area contributed by atoms with Crippen LogP contribution in [0.5, 0.6) is 0 Å². The molecule has 0 aliphatic heterocycles. The maximum Gasteiger partial charge on any atom is 0.243 e. The number of hydrogen-bond donors (Lipinski definition) is 1. The fourth-order valence-corrected chi connectivity index (χ4v) is 3.87. The molecule has 152 valence electrons. The Labute approximate surface area is 176 Å². The maximum absolute atomic E-state index is 12.0. The van der Waals surface area contributed by atoms with Crippen LogP contribution in [0.25, 0.3) is 0 Å². The van der Waals surface area contributed by atoms with Crippen molar-refractivity contribution in [2.75, 3.05) is 11.6 Å². The van der Waals surface area contributed by atoms with E-state index in [9.17, 15) is 8.42 Å². The Morgan fingerprint density at radius 2 is 1.66 bits per heavy atom. The summed E-state index contributed by atoms with van der Waals surface area (Å²) in [6.45, 7) is 4.05. The van der Waals surface area contributed by atoms with E-state index in [1.165, 1.54) is 6.26 Å². The van der Waals surface area contributed by atoms with E-state index in [4.69, 9.17) is 11.6 Å². The van der Waals surface area contributed by atoms with Gasteiger partial charge in [-0.25, -0.2) is 13.4 Å². The lowest BCUT2D eigenvalue weighted by atomic mass is 9.99. The number of aromatic nitrogens is 3. The molecule has 3 rings (SSSR count). The first-order valence-corrected chi connectivity index (χ1v) is 11.6. The molecule has 0 saturated heterocycles. The SMILES string of the molecule is CCc1nnc(NC(c2ccc(Cl)cc2)c2cccc(S(C)(=O)=O)c2)nc1CC. The molecule has 0 fully saturated rings. The Kier molecular flexibility index (Phi) is 6.49. The van der Waals surface area contributed by atoms with Crippen molar-refractivity contribution in [1.29, 1.82) is 0 Å². The molecule has 1 aromatic heterocycles. The Balaban J connectivity index is 2.06. The van der Waals surface area contributed by atoms with Gasteiger partial charge >= 0.3 is 0 Å². The van der Waals surface area contributed by atoms with E-state index in [0.29, 0.717) is 11.0 Å². The molecule has 0 aliphatic rings. The monoisotopic (exact) mass is 430 g/mol. The fraction of sp³-hybridized carbons (Fsp3) is 0.286. The molecule has 0 bridgehead atoms. The number of sulfone groups is 1. The first-order chi connectivity index (χ1) is 13.8. The van der Waals surface area contributed by atoms with Crippen LogP contribution in [0.3, 0.4) is 0 Å². The molecule has 1 heterocycles. The van der Waals surface area contributed by atoms with Crippen LogP contribution in [-0.4, -0.2) is 29.9 Å². The van der Waals surface area contributed by atoms with Crippen LogP contribution in [0.1, 0.15) is 42.4 Å². The highest BCUT2D eigenvalue weighted by atomic mass is 35.5. The zero-order valence-corrected chi connectivity index (χ0v) is 18.1. The topological polar surface area (TPSA) is 84.8 Å². The lowest BCUT2D eigenvalue weighted by Crippen LogP contribution is -2.17. The molecule has 29 heavy (non-hydrogen) atoms. The number of benzene rings is 2. The second kappa shape index (κ2) is 8.88. The predicted molar refractivity (Wildman–Crippen MR) is 115 cm³/mol. The standard InChI is InChI=1S/C21H23ClN4O2S/c1-4-18-19(5-2)25-26-21(23-18)24-20(14-9-11-16(22)12-10-14)15-7-6-8-17(13-15)29(3,27)28/h6-13,20H,4-5H2,1-3H3,(H,23,24,26). The summed E-state index contributed by atoms with van der Waals surface area (Å²) in [7, 11) is -3.33. The first-order valence-electron chi connectivity index (χ1n) is 9.36. The van der Waals surface area contributed by atoms with Crippen LogP contribution in [0, 0.1) is 0 Å². The number of hydrogen-bond acceptors (Lipinski definition) is 6. The number of nitrogens with zero attached hydrogens (tertiary/aromatic N) is 3. The van der Waals surface area contributed by atoms with Gasteiger partial charge in [0.05, 0.1) is 22.3 Å². The summed E-state index contributed by atoms with van der Waals surface area (Å²) in [5.41, 5.74) is 3.45. The molecule has 1 unspecified atom stereocenters. The van der Waals surface area contributed by atoms with Gasteiger partial charge in [-0.2, -0.15) is 5.10 Å². The Morgan fingerprint density at radius 3 is 2.28 bits per heavy atom. The normalized spacial score (nSPS) is 12.6. The molecule has 0 radical (unpaired) electrons. The summed E-state index contributed by atoms with van der Waals surface area (Å²) in [4.78, 5) is 4.87. The Bertz CT molecular complexity index is 1100. The van der Waals surface area contributed by atoms with Crippen molar-refractivity contribution in [3.8, 4) is 0 Å². The molecular weight excluding hydrogens is 408 g/mol. The Hall–Kier alpha value is -2.51. The van der Waals surface area contributed by atoms with Crippen LogP contribution < -0.4 is 5.32 Å². The van der Waals surface area contributed by atoms with Crippen LogP contribution in [0.15, 0.2) is 53.4 Å². The molecule has 6 nitrogen and oxygen atoms in total. The third kappa shape index (κ3) is 5.10. The second-order valence-corrected chi connectivity index (χ2v) is 9.16. The van der Waals surface area contributed by atoms with E-state index >= 15 is 0 Å². The van der Waals surface area contributed by atoms with Gasteiger partial charge in [-0.05, 0) is 48.2 Å². The summed E-state index contributed by atoms with van der Waals surface area (Å²) in [6, 6.07) is 13.8. The summed E-state index contributed by atoms with van der Waals surface area (Å²) in [5.74, 6) is 0.392. The van der Waals surface area contributed by atoms with Crippen LogP contribution in [0.4, 0.5) is 5.95 Å². The first kappa shape index (κ1) is 21.2. The van der Waals surface area contributed by atoms with E-state index in [2.05, 4.69) is 20.5 Å². The number of rotatable bonds is 7. The zero-order chi connectivity index (χ0) is 21.0. The van der Waals surface area contributed by atoms with Gasteiger partial charge in [0.15, 0.2) is 9.84 Å². The van der Waals surface area contributed by atoms with Crippen LogP contribution in [0.2, 0.25) is 5.02 Å². The molecule has 0 aliphatic carbocycles. The fourth-order valence-electron chi connectivity index (χ4n) is 3.07. The minimum Gasteiger partial charge on any atom is -0.342 e. The highest BCUT2D eigenvalue weighted by molar-refractivity contribution is 7.90. The van der Waals surface area contributed by atoms with Gasteiger partial charge in [-0.3, -0.25) is 0 Å². The highest BCUT2D eigenvalue weighted by Crippen LogP contribution is 2.28. The summed E-state index contributed by atoms with van der Waals surface area (Å²) in [6.07, 6.45) is 2.71. The largest absolute Gasteiger partial charge is 0.342 e. The van der Waals surface area contributed by atoms with Gasteiger partial charge < -0.3 is 5.32 Å². The van der Waals surface area contributed by atoms with Crippen molar-refractivity contribution < 1.29 is 8.42 Å². The summed E-state index contributed by atoms with van der Waals surface area (Å²) in [5, 5.41) is 12.4. The molecule has 2 aromatic carbocycles. The van der Waals surface area contributed by atoms with Crippen molar-refractivity contribution in [2.45, 2.75) is 37.6 Å². The lowest BCUT2D eigenvalue weighted by Gasteiger charge is -2.21. The van der Waals surface area contributed by atoms with Crippen molar-refractivity contribution in [1.82, 2.24) is 15.2 Å². The molecule has 0 spiro atoms. The van der Waals surface area contributed by atoms with Crippen LogP contribution in [-0.2, 0) is 22.7 Å². The average molecular weight is 431 g/mol. The molecule has 0 amide bonds. The minimum absolute atomic E-state index is 0.255. The van der Waals surface area contributed by atoms with Crippen molar-refractivity contribution in [3.63, 3.8) is 0 Å². The molecule has 3 aromatic rings. The lowest BCUT2D eigenvalue weighted by molar-refractivity contribution is 0.601. The van der Waals surface area contributed by atoms with E-state index in [1.807, 2.05) is 32.0 Å². The van der Waals surface area contributed by atoms with E-state index < -0.39 is 9.84 Å². The van der Waals surface area contributed by atoms with Crippen LogP contribution >= 0.6 is 11.6 Å². The number of nitrogens with one attached hydrogen (secondary N) is 1. The second-order valence-electron chi connectivity index (χ2n) is 6.71. The van der Waals surface area contributed by atoms with Gasteiger partial charge in [0.25, 0.3) is 0 Å². The van der Waals surface area contributed by atoms with Gasteiger partial charge in [-0.15, -0.1) is 5.10 Å². The molecular formula is C21H23ClN4O2S. The molecule has 1 atom stereocenters. The molecule has 1 N–H and O–H groups in total. The average Bonchev–Trinajstić information content (AvgIpc) is 2.72. The number of aryl methyl sites for hydroxylation is 2. The third-order valence-electron chi connectivity index (χ3n) is 4.61. The number of anilines is 1. The smallest absolute Gasteiger partial charge is 0.243 e. The molecule has 8 heteroatoms. The quantitative estimate of drug-likeness (QED) is 0.603. The van der Waals surface area contributed by atoms with E-state index in [-0.39, 0.29) is 10.9 Å². The zero-order valence-electron chi connectivity index (χ0n) is 16.6. The third-order valence-corrected chi connectivity index (χ3v) is 5.97. The van der Waals surface area contributed by atoms with Crippen molar-refractivity contribution in [3.05, 3.63) is 76.1 Å². The van der Waals surface area contributed by atoms with E-state index in [0.717, 1.165) is 35.4 Å². The van der Waals surface area contributed by atoms with Crippen molar-refractivity contribution in [2.24, 2.45) is 0 Å². The van der Waals surface area contributed by atoms with Gasteiger partial charge in [0, 0.05) is 11.3 Å². The van der Waals surface area contributed by atoms with Crippen molar-refractivity contribution >= 4 is 27.4 Å². The maximum atomic E-state index is 12.0. The molecule has 0 saturated carbocycles. The van der Waals surface area contributed by atoms with Gasteiger partial charge in [0.2, 0.25) is 5.95 Å². The predicted octanol–water partition coefficient (Wildman–Crippen LogP) is 4.25. The Morgan fingerprint density at radius 1 is 0.966 bits per heavy atom. The summed E-state index contributed by atoms with van der Waals surface area (Å²) < 4.78 is 24.1. The minimum atomic E-state index is -3.33. The summed E-state index contributed by atoms with van der Waals surface area (Å²) >= 11 is 6.05. The highest BCUT2D eigenvalue weighted by Gasteiger charge is 2.19. The van der Waals surface area contributed by atoms with E-state index in [1.54, 1.807) is 30.3 Å². The van der Waals surface area contributed by atoms with Gasteiger partial charge in [0.1, 0.15) is 0 Å².